The molecule has 0 aliphatic carbocycles. The second kappa shape index (κ2) is 22.0. The van der Waals surface area contributed by atoms with Gasteiger partial charge in [0.2, 0.25) is 0 Å². The Hall–Kier alpha value is -6.37. The quantitative estimate of drug-likeness (QED) is 0.0683. The van der Waals surface area contributed by atoms with Gasteiger partial charge in [-0.25, -0.2) is 14.4 Å². The Morgan fingerprint density at radius 2 is 1.18 bits per heavy atom. The van der Waals surface area contributed by atoms with Crippen LogP contribution in [0, 0.1) is 20.2 Å². The lowest BCUT2D eigenvalue weighted by Crippen LogP contribution is -2.49. The Balaban J connectivity index is 0.000000277. The van der Waals surface area contributed by atoms with E-state index in [-0.39, 0.29) is 51.5 Å². The molecule has 0 aromatic heterocycles. The Kier molecular flexibility index (Phi) is 17.4. The van der Waals surface area contributed by atoms with Gasteiger partial charge in [0, 0.05) is 93.8 Å². The zero-order chi connectivity index (χ0) is 45.4. The van der Waals surface area contributed by atoms with E-state index in [2.05, 4.69) is 4.90 Å². The second-order valence-electron chi connectivity index (χ2n) is 17.1. The lowest BCUT2D eigenvalue weighted by Gasteiger charge is -2.37. The molecule has 7 rings (SSSR count). The molecule has 0 saturated carbocycles. The molecule has 19 nitrogen and oxygen atoms in total. The highest BCUT2D eigenvalue weighted by Gasteiger charge is 2.49. The number of nitrogens with zero attached hydrogens (tertiary/aromatic N) is 6. The highest BCUT2D eigenvalue weighted by atomic mass is 16.6. The van der Waals surface area contributed by atoms with Crippen LogP contribution in [0.5, 0.6) is 17.2 Å². The summed E-state index contributed by atoms with van der Waals surface area (Å²) in [7, 11) is 2.98. The molecular formula is C46H64N6O13. The number of methoxy groups -OCH3 is 2. The number of nitro benzene ring substituents is 2. The van der Waals surface area contributed by atoms with Crippen LogP contribution in [-0.4, -0.2) is 131 Å². The Labute approximate surface area is 380 Å². The number of amides is 3. The zero-order valence-electron chi connectivity index (χ0n) is 36.4. The number of benzene rings is 3. The van der Waals surface area contributed by atoms with E-state index < -0.39 is 32.7 Å². The number of hydrogen-bond acceptors (Lipinski definition) is 14. The molecule has 4 aliphatic heterocycles. The van der Waals surface area contributed by atoms with Gasteiger partial charge in [0.15, 0.2) is 0 Å². The average molecular weight is 909 g/mol. The third-order valence-electron chi connectivity index (χ3n) is 11.5. The van der Waals surface area contributed by atoms with Crippen LogP contribution < -0.4 is 14.2 Å². The van der Waals surface area contributed by atoms with Crippen LogP contribution in [0.4, 0.5) is 25.8 Å². The molecule has 4 saturated heterocycles. The number of para-hydroxylation sites is 1. The van der Waals surface area contributed by atoms with Gasteiger partial charge >= 0.3 is 18.3 Å². The van der Waals surface area contributed by atoms with E-state index in [0.29, 0.717) is 68.3 Å². The first kappa shape index (κ1) is 51.3. The molecule has 3 aromatic carbocycles. The van der Waals surface area contributed by atoms with Crippen molar-refractivity contribution >= 4 is 29.7 Å². The molecule has 0 N–H and O–H groups in total. The van der Waals surface area contributed by atoms with Crippen LogP contribution in [0.3, 0.4) is 0 Å². The molecule has 4 heterocycles. The SMILES string of the molecule is C.C.COc1ccc([N+](=O)[O-])cc1CN1CC2(CCN(C(=O)OC(C)(C)C)CC2)OC1=O.COc1ccc([N+](=O)[O-])cc1CN1CC2(CCN(CCCOc3ccccc3)CC2)OC1=O. The van der Waals surface area contributed by atoms with Gasteiger partial charge < -0.3 is 38.2 Å². The van der Waals surface area contributed by atoms with E-state index in [1.54, 1.807) is 15.9 Å². The minimum Gasteiger partial charge on any atom is -0.496 e. The maximum atomic E-state index is 12.6. The van der Waals surface area contributed by atoms with Crippen molar-refractivity contribution in [1.29, 1.82) is 0 Å². The molecule has 3 amide bonds. The summed E-state index contributed by atoms with van der Waals surface area (Å²) in [4.78, 5) is 65.8. The van der Waals surface area contributed by atoms with Gasteiger partial charge in [0.25, 0.3) is 11.4 Å². The van der Waals surface area contributed by atoms with Crippen LogP contribution in [0.15, 0.2) is 66.7 Å². The van der Waals surface area contributed by atoms with E-state index in [9.17, 15) is 34.6 Å². The molecule has 65 heavy (non-hydrogen) atoms. The summed E-state index contributed by atoms with van der Waals surface area (Å²) in [5.74, 6) is 1.87. The lowest BCUT2D eigenvalue weighted by molar-refractivity contribution is -0.385. The topological polar surface area (TPSA) is 206 Å². The van der Waals surface area contributed by atoms with Crippen LogP contribution in [0.25, 0.3) is 0 Å². The van der Waals surface area contributed by atoms with Crippen molar-refractivity contribution in [2.24, 2.45) is 0 Å². The van der Waals surface area contributed by atoms with E-state index in [0.717, 1.165) is 44.6 Å². The maximum absolute atomic E-state index is 12.6. The number of non-ortho nitro benzene ring substituents is 2. The van der Waals surface area contributed by atoms with Crippen molar-refractivity contribution in [2.75, 3.05) is 66.6 Å². The monoisotopic (exact) mass is 908 g/mol. The molecule has 4 aliphatic rings. The number of piperidine rings is 2. The van der Waals surface area contributed by atoms with Crippen molar-refractivity contribution in [3.8, 4) is 17.2 Å². The largest absolute Gasteiger partial charge is 0.496 e. The molecule has 356 valence electrons. The van der Waals surface area contributed by atoms with Gasteiger partial charge in [-0.1, -0.05) is 33.1 Å². The molecular weight excluding hydrogens is 845 g/mol. The normalized spacial score (nSPS) is 17.5. The summed E-state index contributed by atoms with van der Waals surface area (Å²) < 4.78 is 33.3. The maximum Gasteiger partial charge on any atom is 0.410 e. The molecule has 0 radical (unpaired) electrons. The summed E-state index contributed by atoms with van der Waals surface area (Å²) in [5.41, 5.74) is -0.717. The van der Waals surface area contributed by atoms with Crippen molar-refractivity contribution in [3.63, 3.8) is 0 Å². The fourth-order valence-corrected chi connectivity index (χ4v) is 8.17. The fraction of sp³-hybridized carbons (Fsp3) is 0.543. The van der Waals surface area contributed by atoms with E-state index in [4.69, 9.17) is 28.4 Å². The Morgan fingerprint density at radius 1 is 0.723 bits per heavy atom. The summed E-state index contributed by atoms with van der Waals surface area (Å²) in [6.45, 7) is 10.8. The van der Waals surface area contributed by atoms with Crippen LogP contribution in [0.2, 0.25) is 0 Å². The lowest BCUT2D eigenvalue weighted by atomic mass is 9.91. The number of nitro groups is 2. The first-order chi connectivity index (χ1) is 30.0. The van der Waals surface area contributed by atoms with Crippen molar-refractivity contribution in [2.45, 2.75) is 97.6 Å². The number of carbonyl (C=O) groups excluding carboxylic acids is 3. The first-order valence-electron chi connectivity index (χ1n) is 21.0. The average Bonchev–Trinajstić information content (AvgIpc) is 3.72. The minimum absolute atomic E-state index is 0. The van der Waals surface area contributed by atoms with Crippen LogP contribution in [-0.2, 0) is 27.3 Å². The number of hydrogen-bond donors (Lipinski definition) is 0. The highest BCUT2D eigenvalue weighted by Crippen LogP contribution is 2.37. The predicted octanol–water partition coefficient (Wildman–Crippen LogP) is 8.46. The highest BCUT2D eigenvalue weighted by molar-refractivity contribution is 5.72. The third kappa shape index (κ3) is 13.3. The zero-order valence-corrected chi connectivity index (χ0v) is 36.4. The van der Waals surface area contributed by atoms with Crippen molar-refractivity contribution < 1.29 is 52.7 Å². The number of likely N-dealkylation sites (tertiary alicyclic amines) is 2. The molecule has 3 aromatic rings. The smallest absolute Gasteiger partial charge is 0.410 e. The van der Waals surface area contributed by atoms with Gasteiger partial charge in [-0.2, -0.15) is 0 Å². The summed E-state index contributed by atoms with van der Waals surface area (Å²) in [5, 5.41) is 22.2. The third-order valence-corrected chi connectivity index (χ3v) is 11.5. The van der Waals surface area contributed by atoms with Gasteiger partial charge in [0.1, 0.15) is 34.1 Å². The van der Waals surface area contributed by atoms with E-state index >= 15 is 0 Å². The van der Waals surface area contributed by atoms with E-state index in [1.807, 2.05) is 51.1 Å². The number of ether oxygens (including phenoxy) is 6. The van der Waals surface area contributed by atoms with Gasteiger partial charge in [-0.15, -0.1) is 0 Å². The van der Waals surface area contributed by atoms with Gasteiger partial charge in [0.05, 0.1) is 56.9 Å². The Morgan fingerprint density at radius 3 is 1.62 bits per heavy atom. The molecule has 2 spiro atoms. The van der Waals surface area contributed by atoms with Gasteiger partial charge in [-0.3, -0.25) is 30.0 Å². The standard InChI is InChI=1S/C24H29N3O6.C20H27N3O7.2CH4/c1-31-22-9-8-20(27(29)30)16-19(22)17-26-18-24(33-23(26)28)10-13-25(14-11-24)12-5-15-32-21-6-3-2-4-7-21;1-19(2,3)29-17(24)21-9-7-20(8-10-21)13-22(18(25)30-20)12-14-11-15(23(26)27)5-6-16(14)28-4;;/h2-4,6-9,16H,5,10-15,17-18H2,1H3;5-6,11H,7-10,12-13H2,1-4H3;2*1H4. The summed E-state index contributed by atoms with van der Waals surface area (Å²) in [6, 6.07) is 18.5. The number of rotatable bonds is 13. The summed E-state index contributed by atoms with van der Waals surface area (Å²) >= 11 is 0. The fourth-order valence-electron chi connectivity index (χ4n) is 8.17. The van der Waals surface area contributed by atoms with Crippen LogP contribution in [0.1, 0.15) is 78.9 Å². The molecule has 19 heteroatoms. The predicted molar refractivity (Wildman–Crippen MR) is 241 cm³/mol. The van der Waals surface area contributed by atoms with E-state index in [1.165, 1.54) is 49.5 Å². The molecule has 0 bridgehead atoms. The summed E-state index contributed by atoms with van der Waals surface area (Å²) in [6.07, 6.45) is 2.23. The first-order valence-corrected chi connectivity index (χ1v) is 21.0. The Bertz CT molecular complexity index is 2120. The van der Waals surface area contributed by atoms with Crippen molar-refractivity contribution in [1.82, 2.24) is 19.6 Å². The number of carbonyl (C=O) groups is 3. The van der Waals surface area contributed by atoms with Crippen LogP contribution >= 0.6 is 0 Å². The molecule has 0 unspecified atom stereocenters. The van der Waals surface area contributed by atoms with Gasteiger partial charge in [-0.05, 0) is 51.5 Å². The molecule has 0 atom stereocenters. The minimum atomic E-state index is -0.677. The second-order valence-corrected chi connectivity index (χ2v) is 17.1. The van der Waals surface area contributed by atoms with Crippen molar-refractivity contribution in [3.05, 3.63) is 98.1 Å². The molecule has 4 fully saturated rings.